The van der Waals surface area contributed by atoms with Crippen LogP contribution in [-0.2, 0) is 6.42 Å². The van der Waals surface area contributed by atoms with Gasteiger partial charge in [-0.2, -0.15) is 0 Å². The van der Waals surface area contributed by atoms with Crippen molar-refractivity contribution in [2.24, 2.45) is 0 Å². The Kier molecular flexibility index (Phi) is 6.29. The summed E-state index contributed by atoms with van der Waals surface area (Å²) in [5.41, 5.74) is 1.49. The van der Waals surface area contributed by atoms with E-state index >= 15 is 0 Å². The van der Waals surface area contributed by atoms with Crippen molar-refractivity contribution < 1.29 is 0 Å². The molecule has 0 aliphatic carbocycles. The fourth-order valence-electron chi connectivity index (χ4n) is 3.61. The SMILES string of the molecule is CCCCCCCCCCc1ccc2cc3ccccc3cc2c1. The number of rotatable bonds is 9. The van der Waals surface area contributed by atoms with Crippen LogP contribution in [-0.4, -0.2) is 0 Å². The lowest BCUT2D eigenvalue weighted by atomic mass is 9.99. The summed E-state index contributed by atoms with van der Waals surface area (Å²) in [6.07, 6.45) is 12.4. The van der Waals surface area contributed by atoms with E-state index in [0.29, 0.717) is 0 Å². The molecule has 0 aromatic heterocycles. The monoisotopic (exact) mass is 318 g/mol. The molecule has 0 aliphatic rings. The van der Waals surface area contributed by atoms with Crippen LogP contribution in [0.2, 0.25) is 0 Å². The van der Waals surface area contributed by atoms with Crippen molar-refractivity contribution in [1.29, 1.82) is 0 Å². The second-order valence-electron chi connectivity index (χ2n) is 7.11. The summed E-state index contributed by atoms with van der Waals surface area (Å²) in [6, 6.07) is 20.3. The van der Waals surface area contributed by atoms with Gasteiger partial charge in [-0.15, -0.1) is 0 Å². The van der Waals surface area contributed by atoms with Gasteiger partial charge in [-0.1, -0.05) is 94.3 Å². The highest BCUT2D eigenvalue weighted by Crippen LogP contribution is 2.24. The Hall–Kier alpha value is -1.82. The highest BCUT2D eigenvalue weighted by Gasteiger charge is 2.00. The minimum absolute atomic E-state index is 1.22. The lowest BCUT2D eigenvalue weighted by Gasteiger charge is -2.06. The van der Waals surface area contributed by atoms with Gasteiger partial charge >= 0.3 is 0 Å². The van der Waals surface area contributed by atoms with E-state index in [9.17, 15) is 0 Å². The van der Waals surface area contributed by atoms with Crippen LogP contribution in [0, 0.1) is 0 Å². The zero-order chi connectivity index (χ0) is 16.6. The fourth-order valence-corrected chi connectivity index (χ4v) is 3.61. The minimum Gasteiger partial charge on any atom is -0.0654 e. The van der Waals surface area contributed by atoms with Crippen LogP contribution in [0.5, 0.6) is 0 Å². The molecule has 0 atom stereocenters. The Balaban J connectivity index is 1.53. The Morgan fingerprint density at radius 1 is 0.542 bits per heavy atom. The van der Waals surface area contributed by atoms with Crippen LogP contribution in [0.15, 0.2) is 54.6 Å². The molecule has 0 amide bonds. The van der Waals surface area contributed by atoms with Crippen molar-refractivity contribution in [2.45, 2.75) is 64.7 Å². The van der Waals surface area contributed by atoms with Gasteiger partial charge in [-0.25, -0.2) is 0 Å². The zero-order valence-electron chi connectivity index (χ0n) is 15.1. The quantitative estimate of drug-likeness (QED) is 0.280. The topological polar surface area (TPSA) is 0 Å². The van der Waals surface area contributed by atoms with Crippen molar-refractivity contribution >= 4 is 21.5 Å². The van der Waals surface area contributed by atoms with Crippen LogP contribution in [0.1, 0.15) is 63.9 Å². The standard InChI is InChI=1S/C24H30/c1-2-3-4-5-6-7-8-9-12-20-15-16-23-18-21-13-10-11-14-22(21)19-24(23)17-20/h10-11,13-19H,2-9,12H2,1H3. The third kappa shape index (κ3) is 4.60. The van der Waals surface area contributed by atoms with Gasteiger partial charge in [0.05, 0.1) is 0 Å². The molecule has 0 aliphatic heterocycles. The Morgan fingerprint density at radius 2 is 1.12 bits per heavy atom. The smallest absolute Gasteiger partial charge is 0.0175 e. The van der Waals surface area contributed by atoms with E-state index in [1.807, 2.05) is 0 Å². The van der Waals surface area contributed by atoms with Gasteiger partial charge < -0.3 is 0 Å². The van der Waals surface area contributed by atoms with Crippen LogP contribution in [0.25, 0.3) is 21.5 Å². The van der Waals surface area contributed by atoms with Gasteiger partial charge in [0.2, 0.25) is 0 Å². The second-order valence-corrected chi connectivity index (χ2v) is 7.11. The molecular formula is C24H30. The zero-order valence-corrected chi connectivity index (χ0v) is 15.1. The third-order valence-corrected chi connectivity index (χ3v) is 5.09. The summed E-state index contributed by atoms with van der Waals surface area (Å²) < 4.78 is 0. The predicted molar refractivity (Wildman–Crippen MR) is 108 cm³/mol. The molecule has 0 saturated heterocycles. The average Bonchev–Trinajstić information content (AvgIpc) is 2.62. The largest absolute Gasteiger partial charge is 0.0654 e. The number of benzene rings is 3. The molecule has 0 spiro atoms. The Morgan fingerprint density at radius 3 is 1.83 bits per heavy atom. The summed E-state index contributed by atoms with van der Waals surface area (Å²) in [4.78, 5) is 0. The lowest BCUT2D eigenvalue weighted by molar-refractivity contribution is 0.575. The first-order chi connectivity index (χ1) is 11.9. The molecule has 0 N–H and O–H groups in total. The van der Waals surface area contributed by atoms with Crippen molar-refractivity contribution in [3.8, 4) is 0 Å². The summed E-state index contributed by atoms with van der Waals surface area (Å²) in [6.45, 7) is 2.28. The molecule has 126 valence electrons. The molecule has 0 bridgehead atoms. The molecule has 0 heteroatoms. The van der Waals surface area contributed by atoms with E-state index < -0.39 is 0 Å². The second kappa shape index (κ2) is 8.87. The molecular weight excluding hydrogens is 288 g/mol. The van der Waals surface area contributed by atoms with Crippen LogP contribution in [0.3, 0.4) is 0 Å². The van der Waals surface area contributed by atoms with Crippen LogP contribution >= 0.6 is 0 Å². The van der Waals surface area contributed by atoms with Gasteiger partial charge in [0.25, 0.3) is 0 Å². The molecule has 0 nitrogen and oxygen atoms in total. The Bertz CT molecular complexity index is 769. The van der Waals surface area contributed by atoms with Gasteiger partial charge in [-0.05, 0) is 52.1 Å². The lowest BCUT2D eigenvalue weighted by Crippen LogP contribution is -1.87. The van der Waals surface area contributed by atoms with E-state index in [-0.39, 0.29) is 0 Å². The molecule has 0 unspecified atom stereocenters. The number of hydrogen-bond acceptors (Lipinski definition) is 0. The summed E-state index contributed by atoms with van der Waals surface area (Å²) in [5.74, 6) is 0. The average molecular weight is 319 g/mol. The summed E-state index contributed by atoms with van der Waals surface area (Å²) in [7, 11) is 0. The maximum Gasteiger partial charge on any atom is -0.0175 e. The molecule has 24 heavy (non-hydrogen) atoms. The molecule has 0 heterocycles. The molecule has 3 rings (SSSR count). The molecule has 0 radical (unpaired) electrons. The van der Waals surface area contributed by atoms with E-state index in [2.05, 4.69) is 61.5 Å². The first-order valence-corrected chi connectivity index (χ1v) is 9.78. The van der Waals surface area contributed by atoms with Crippen molar-refractivity contribution in [2.75, 3.05) is 0 Å². The fraction of sp³-hybridized carbons (Fsp3) is 0.417. The highest BCUT2D eigenvalue weighted by molar-refractivity contribution is 5.98. The van der Waals surface area contributed by atoms with Crippen molar-refractivity contribution in [1.82, 2.24) is 0 Å². The summed E-state index contributed by atoms with van der Waals surface area (Å²) in [5, 5.41) is 5.41. The van der Waals surface area contributed by atoms with Crippen molar-refractivity contribution in [3.63, 3.8) is 0 Å². The molecule has 3 aromatic rings. The molecule has 0 saturated carbocycles. The van der Waals surface area contributed by atoms with Crippen molar-refractivity contribution in [3.05, 3.63) is 60.2 Å². The normalized spacial score (nSPS) is 11.4. The van der Waals surface area contributed by atoms with Gasteiger partial charge in [0.15, 0.2) is 0 Å². The minimum atomic E-state index is 1.22. The van der Waals surface area contributed by atoms with Gasteiger partial charge in [0, 0.05) is 0 Å². The Labute approximate surface area is 146 Å². The van der Waals surface area contributed by atoms with Crippen LogP contribution in [0.4, 0.5) is 0 Å². The number of fused-ring (bicyclic) bond motifs is 2. The summed E-state index contributed by atoms with van der Waals surface area (Å²) >= 11 is 0. The molecule has 0 fully saturated rings. The highest BCUT2D eigenvalue weighted by atomic mass is 14.1. The third-order valence-electron chi connectivity index (χ3n) is 5.09. The number of hydrogen-bond donors (Lipinski definition) is 0. The number of unbranched alkanes of at least 4 members (excludes halogenated alkanes) is 7. The maximum atomic E-state index is 2.39. The predicted octanol–water partition coefficient (Wildman–Crippen LogP) is 7.68. The van der Waals surface area contributed by atoms with E-state index in [1.54, 1.807) is 0 Å². The maximum absolute atomic E-state index is 2.39. The number of aryl methyl sites for hydroxylation is 1. The first-order valence-electron chi connectivity index (χ1n) is 9.78. The van der Waals surface area contributed by atoms with E-state index in [0.717, 1.165) is 0 Å². The van der Waals surface area contributed by atoms with E-state index in [1.165, 1.54) is 84.9 Å². The first kappa shape index (κ1) is 17.0. The molecule has 3 aromatic carbocycles. The van der Waals surface area contributed by atoms with Gasteiger partial charge in [0.1, 0.15) is 0 Å². The van der Waals surface area contributed by atoms with E-state index in [4.69, 9.17) is 0 Å². The van der Waals surface area contributed by atoms with Gasteiger partial charge in [-0.3, -0.25) is 0 Å². The van der Waals surface area contributed by atoms with Crippen LogP contribution < -0.4 is 0 Å².